The maximum Gasteiger partial charge on any atom is 0.417 e. The van der Waals surface area contributed by atoms with Gasteiger partial charge in [0.25, 0.3) is 0 Å². The molecule has 16 heavy (non-hydrogen) atoms. The van der Waals surface area contributed by atoms with Gasteiger partial charge >= 0.3 is 6.18 Å². The zero-order valence-electron chi connectivity index (χ0n) is 8.64. The monoisotopic (exact) mass is 232 g/mol. The number of rotatable bonds is 3. The standard InChI is InChI=1S/C10H11F3N2O/c1-3-16-6(2)7-5-15-9(14)4-8(7)10(11,12)13/h4-5H,2-3H2,1H3,(H2,14,15). The van der Waals surface area contributed by atoms with Gasteiger partial charge in [-0.25, -0.2) is 4.98 Å². The number of hydrogen-bond donors (Lipinski definition) is 1. The molecule has 1 heterocycles. The minimum atomic E-state index is -4.51. The van der Waals surface area contributed by atoms with Gasteiger partial charge in [-0.1, -0.05) is 6.58 Å². The minimum absolute atomic E-state index is 0.0673. The second-order valence-electron chi connectivity index (χ2n) is 3.01. The van der Waals surface area contributed by atoms with Crippen molar-refractivity contribution in [2.75, 3.05) is 12.3 Å². The first-order valence-electron chi connectivity index (χ1n) is 4.51. The van der Waals surface area contributed by atoms with Crippen LogP contribution in [0.5, 0.6) is 0 Å². The predicted molar refractivity (Wildman–Crippen MR) is 54.3 cm³/mol. The van der Waals surface area contributed by atoms with E-state index in [1.54, 1.807) is 6.92 Å². The van der Waals surface area contributed by atoms with Crippen LogP contribution in [0.1, 0.15) is 18.1 Å². The SMILES string of the molecule is C=C(OCC)c1cnc(N)cc1C(F)(F)F. The van der Waals surface area contributed by atoms with Crippen LogP contribution in [0.25, 0.3) is 5.76 Å². The van der Waals surface area contributed by atoms with E-state index in [9.17, 15) is 13.2 Å². The molecule has 0 saturated carbocycles. The number of nitrogens with two attached hydrogens (primary N) is 1. The summed E-state index contributed by atoms with van der Waals surface area (Å²) in [4.78, 5) is 3.59. The molecule has 1 aromatic rings. The van der Waals surface area contributed by atoms with E-state index in [0.717, 1.165) is 12.3 Å². The quantitative estimate of drug-likeness (QED) is 0.815. The Balaban J connectivity index is 3.23. The number of anilines is 1. The number of pyridine rings is 1. The Morgan fingerprint density at radius 3 is 2.69 bits per heavy atom. The molecule has 0 aliphatic carbocycles. The number of ether oxygens (including phenoxy) is 1. The molecule has 0 spiro atoms. The van der Waals surface area contributed by atoms with Crippen LogP contribution in [0.4, 0.5) is 19.0 Å². The fourth-order valence-electron chi connectivity index (χ4n) is 1.18. The maximum atomic E-state index is 12.6. The fourth-order valence-corrected chi connectivity index (χ4v) is 1.18. The van der Waals surface area contributed by atoms with Crippen molar-refractivity contribution >= 4 is 11.6 Å². The molecular weight excluding hydrogens is 221 g/mol. The van der Waals surface area contributed by atoms with E-state index in [-0.39, 0.29) is 23.7 Å². The molecule has 1 aromatic heterocycles. The van der Waals surface area contributed by atoms with Gasteiger partial charge in [0.2, 0.25) is 0 Å². The van der Waals surface area contributed by atoms with Crippen molar-refractivity contribution in [3.63, 3.8) is 0 Å². The number of alkyl halides is 3. The van der Waals surface area contributed by atoms with Crippen LogP contribution in [-0.2, 0) is 10.9 Å². The van der Waals surface area contributed by atoms with E-state index in [4.69, 9.17) is 10.5 Å². The highest BCUT2D eigenvalue weighted by molar-refractivity contribution is 5.62. The molecular formula is C10H11F3N2O. The molecule has 3 nitrogen and oxygen atoms in total. The number of nitrogens with zero attached hydrogens (tertiary/aromatic N) is 1. The first-order chi connectivity index (χ1) is 7.36. The largest absolute Gasteiger partial charge is 0.494 e. The highest BCUT2D eigenvalue weighted by Gasteiger charge is 2.34. The number of halogens is 3. The lowest BCUT2D eigenvalue weighted by Crippen LogP contribution is -2.11. The van der Waals surface area contributed by atoms with Gasteiger partial charge in [-0.3, -0.25) is 0 Å². The summed E-state index contributed by atoms with van der Waals surface area (Å²) in [6, 6.07) is 0.763. The van der Waals surface area contributed by atoms with Crippen LogP contribution in [0.15, 0.2) is 18.8 Å². The third-order valence-electron chi connectivity index (χ3n) is 1.85. The summed E-state index contributed by atoms with van der Waals surface area (Å²) in [6.07, 6.45) is -3.50. The van der Waals surface area contributed by atoms with Gasteiger partial charge < -0.3 is 10.5 Å². The molecule has 0 radical (unpaired) electrons. The molecule has 0 unspecified atom stereocenters. The summed E-state index contributed by atoms with van der Waals surface area (Å²) in [5, 5.41) is 0. The number of aromatic nitrogens is 1. The average Bonchev–Trinajstić information content (AvgIpc) is 2.16. The molecule has 6 heteroatoms. The Bertz CT molecular complexity index is 402. The molecule has 0 aliphatic rings. The second kappa shape index (κ2) is 4.42. The Kier molecular flexibility index (Phi) is 3.41. The first kappa shape index (κ1) is 12.4. The van der Waals surface area contributed by atoms with Crippen LogP contribution in [0.3, 0.4) is 0 Å². The van der Waals surface area contributed by atoms with E-state index in [1.807, 2.05) is 0 Å². The summed E-state index contributed by atoms with van der Waals surface area (Å²) < 4.78 is 42.9. The Morgan fingerprint density at radius 1 is 1.56 bits per heavy atom. The lowest BCUT2D eigenvalue weighted by molar-refractivity contribution is -0.137. The topological polar surface area (TPSA) is 48.1 Å². The van der Waals surface area contributed by atoms with Crippen molar-refractivity contribution in [2.45, 2.75) is 13.1 Å². The van der Waals surface area contributed by atoms with E-state index in [1.165, 1.54) is 0 Å². The predicted octanol–water partition coefficient (Wildman–Crippen LogP) is 2.69. The molecule has 88 valence electrons. The molecule has 0 atom stereocenters. The summed E-state index contributed by atoms with van der Waals surface area (Å²) >= 11 is 0. The second-order valence-corrected chi connectivity index (χ2v) is 3.01. The van der Waals surface area contributed by atoms with Crippen molar-refractivity contribution in [1.29, 1.82) is 0 Å². The molecule has 0 amide bonds. The van der Waals surface area contributed by atoms with Crippen LogP contribution in [0.2, 0.25) is 0 Å². The highest BCUT2D eigenvalue weighted by Crippen LogP contribution is 2.35. The lowest BCUT2D eigenvalue weighted by Gasteiger charge is -2.14. The fraction of sp³-hybridized carbons (Fsp3) is 0.300. The Hall–Kier alpha value is -1.72. The van der Waals surface area contributed by atoms with Gasteiger partial charge in [0.15, 0.2) is 0 Å². The van der Waals surface area contributed by atoms with Gasteiger partial charge in [0.05, 0.1) is 12.2 Å². The summed E-state index contributed by atoms with van der Waals surface area (Å²) in [5.41, 5.74) is 4.14. The van der Waals surface area contributed by atoms with Gasteiger partial charge in [0.1, 0.15) is 11.6 Å². The van der Waals surface area contributed by atoms with Gasteiger partial charge in [-0.05, 0) is 13.0 Å². The summed E-state index contributed by atoms with van der Waals surface area (Å²) in [7, 11) is 0. The molecule has 0 aliphatic heterocycles. The first-order valence-corrected chi connectivity index (χ1v) is 4.51. The third-order valence-corrected chi connectivity index (χ3v) is 1.85. The van der Waals surface area contributed by atoms with E-state index in [2.05, 4.69) is 11.6 Å². The Labute approximate surface area is 90.7 Å². The average molecular weight is 232 g/mol. The maximum absolute atomic E-state index is 12.6. The summed E-state index contributed by atoms with van der Waals surface area (Å²) in [5.74, 6) is -0.261. The van der Waals surface area contributed by atoms with Gasteiger partial charge in [-0.15, -0.1) is 0 Å². The third kappa shape index (κ3) is 2.65. The van der Waals surface area contributed by atoms with Crippen LogP contribution in [0, 0.1) is 0 Å². The van der Waals surface area contributed by atoms with E-state index >= 15 is 0 Å². The van der Waals surface area contributed by atoms with Crippen LogP contribution in [-0.4, -0.2) is 11.6 Å². The van der Waals surface area contributed by atoms with Gasteiger partial charge in [-0.2, -0.15) is 13.2 Å². The van der Waals surface area contributed by atoms with E-state index < -0.39 is 11.7 Å². The van der Waals surface area contributed by atoms with Crippen molar-refractivity contribution in [3.05, 3.63) is 30.0 Å². The van der Waals surface area contributed by atoms with Crippen molar-refractivity contribution in [2.24, 2.45) is 0 Å². The zero-order valence-corrected chi connectivity index (χ0v) is 8.64. The van der Waals surface area contributed by atoms with Crippen molar-refractivity contribution < 1.29 is 17.9 Å². The van der Waals surface area contributed by atoms with Crippen LogP contribution >= 0.6 is 0 Å². The number of hydrogen-bond acceptors (Lipinski definition) is 3. The molecule has 0 fully saturated rings. The molecule has 1 rings (SSSR count). The van der Waals surface area contributed by atoms with E-state index in [0.29, 0.717) is 0 Å². The zero-order chi connectivity index (χ0) is 12.3. The molecule has 0 bridgehead atoms. The van der Waals surface area contributed by atoms with Gasteiger partial charge in [0, 0.05) is 11.8 Å². The van der Waals surface area contributed by atoms with Crippen molar-refractivity contribution in [3.8, 4) is 0 Å². The lowest BCUT2D eigenvalue weighted by atomic mass is 10.1. The summed E-state index contributed by atoms with van der Waals surface area (Å²) in [6.45, 7) is 5.31. The minimum Gasteiger partial charge on any atom is -0.494 e. The van der Waals surface area contributed by atoms with Crippen LogP contribution < -0.4 is 5.73 Å². The van der Waals surface area contributed by atoms with Crippen molar-refractivity contribution in [1.82, 2.24) is 4.98 Å². The molecule has 0 saturated heterocycles. The number of nitrogen functional groups attached to an aromatic ring is 1. The highest BCUT2D eigenvalue weighted by atomic mass is 19.4. The molecule has 0 aromatic carbocycles. The Morgan fingerprint density at radius 2 is 2.19 bits per heavy atom. The smallest absolute Gasteiger partial charge is 0.417 e. The molecule has 2 N–H and O–H groups in total. The normalized spacial score (nSPS) is 11.2.